The maximum absolute atomic E-state index is 12.9. The molecule has 0 spiro atoms. The third kappa shape index (κ3) is 2.74. The molecule has 1 aromatic carbocycles. The molecule has 0 aliphatic heterocycles. The summed E-state index contributed by atoms with van der Waals surface area (Å²) in [4.78, 5) is -0.111. The molecule has 3 N–H and O–H groups in total. The van der Waals surface area contributed by atoms with E-state index in [1.807, 2.05) is 0 Å². The van der Waals surface area contributed by atoms with Gasteiger partial charge in [-0.1, -0.05) is 0 Å². The summed E-state index contributed by atoms with van der Waals surface area (Å²) in [6.07, 6.45) is 3.13. The van der Waals surface area contributed by atoms with Crippen LogP contribution in [0.25, 0.3) is 0 Å². The van der Waals surface area contributed by atoms with Crippen LogP contribution in [0.15, 0.2) is 35.5 Å². The molecule has 0 radical (unpaired) electrons. The van der Waals surface area contributed by atoms with Crippen LogP contribution in [0, 0.1) is 5.82 Å². The van der Waals surface area contributed by atoms with Crippen molar-refractivity contribution in [3.63, 3.8) is 0 Å². The van der Waals surface area contributed by atoms with E-state index < -0.39 is 15.8 Å². The van der Waals surface area contributed by atoms with Crippen molar-refractivity contribution in [2.45, 2.75) is 11.4 Å². The number of H-pyrrole nitrogens is 1. The monoisotopic (exact) mass is 284 g/mol. The number of nitrogens with two attached hydrogens (primary N) is 1. The van der Waals surface area contributed by atoms with Crippen LogP contribution < -0.4 is 5.73 Å². The fourth-order valence-electron chi connectivity index (χ4n) is 1.63. The summed E-state index contributed by atoms with van der Waals surface area (Å²) in [5.74, 6) is -0.575. The van der Waals surface area contributed by atoms with Crippen molar-refractivity contribution < 1.29 is 12.8 Å². The smallest absolute Gasteiger partial charge is 0.245 e. The SMILES string of the molecule is CN(Cc1cn[nH]c1)S(=O)(=O)c1ccc(F)cc1N. The Morgan fingerprint density at radius 2 is 2.21 bits per heavy atom. The quantitative estimate of drug-likeness (QED) is 0.818. The van der Waals surface area contributed by atoms with Crippen LogP contribution in [-0.2, 0) is 16.6 Å². The summed E-state index contributed by atoms with van der Waals surface area (Å²) in [6.45, 7) is 0.148. The molecule has 1 heterocycles. The first-order valence-corrected chi connectivity index (χ1v) is 6.84. The van der Waals surface area contributed by atoms with Crippen molar-refractivity contribution >= 4 is 15.7 Å². The number of aromatic nitrogens is 2. The van der Waals surface area contributed by atoms with E-state index in [0.29, 0.717) is 5.56 Å². The second kappa shape index (κ2) is 4.98. The molecule has 0 amide bonds. The number of aromatic amines is 1. The maximum atomic E-state index is 12.9. The van der Waals surface area contributed by atoms with Gasteiger partial charge in [-0.15, -0.1) is 0 Å². The molecule has 6 nitrogen and oxygen atoms in total. The lowest BCUT2D eigenvalue weighted by Crippen LogP contribution is -2.27. The van der Waals surface area contributed by atoms with Gasteiger partial charge in [-0.2, -0.15) is 9.40 Å². The largest absolute Gasteiger partial charge is 0.398 e. The Morgan fingerprint density at radius 3 is 2.79 bits per heavy atom. The molecule has 102 valence electrons. The molecule has 0 bridgehead atoms. The van der Waals surface area contributed by atoms with Crippen LogP contribution in [0.4, 0.5) is 10.1 Å². The van der Waals surface area contributed by atoms with Crippen LogP contribution in [0.3, 0.4) is 0 Å². The Hall–Kier alpha value is -1.93. The molecule has 1 aromatic heterocycles. The molecular formula is C11H13FN4O2S. The summed E-state index contributed by atoms with van der Waals surface area (Å²) < 4.78 is 38.6. The van der Waals surface area contributed by atoms with E-state index in [1.165, 1.54) is 13.2 Å². The van der Waals surface area contributed by atoms with Gasteiger partial charge in [0.05, 0.1) is 11.9 Å². The van der Waals surface area contributed by atoms with Gasteiger partial charge >= 0.3 is 0 Å². The molecule has 2 rings (SSSR count). The molecule has 8 heteroatoms. The van der Waals surface area contributed by atoms with Crippen molar-refractivity contribution in [1.82, 2.24) is 14.5 Å². The van der Waals surface area contributed by atoms with Crippen molar-refractivity contribution in [2.75, 3.05) is 12.8 Å². The topological polar surface area (TPSA) is 92.1 Å². The average Bonchev–Trinajstić information content (AvgIpc) is 2.81. The van der Waals surface area contributed by atoms with Crippen LogP contribution >= 0.6 is 0 Å². The Labute approximate surface area is 110 Å². The lowest BCUT2D eigenvalue weighted by atomic mass is 10.3. The van der Waals surface area contributed by atoms with E-state index >= 15 is 0 Å². The summed E-state index contributed by atoms with van der Waals surface area (Å²) in [6, 6.07) is 3.21. The molecule has 0 fully saturated rings. The van der Waals surface area contributed by atoms with Gasteiger partial charge in [0.2, 0.25) is 10.0 Å². The Morgan fingerprint density at radius 1 is 1.47 bits per heavy atom. The zero-order valence-electron chi connectivity index (χ0n) is 10.2. The lowest BCUT2D eigenvalue weighted by molar-refractivity contribution is 0.467. The van der Waals surface area contributed by atoms with Gasteiger partial charge in [0.25, 0.3) is 0 Å². The van der Waals surface area contributed by atoms with E-state index in [1.54, 1.807) is 6.20 Å². The Kier molecular flexibility index (Phi) is 3.54. The number of nitrogen functional groups attached to an aromatic ring is 1. The summed E-state index contributed by atoms with van der Waals surface area (Å²) in [5.41, 5.74) is 6.16. The highest BCUT2D eigenvalue weighted by Crippen LogP contribution is 2.23. The molecule has 0 saturated carbocycles. The Balaban J connectivity index is 2.31. The fraction of sp³-hybridized carbons (Fsp3) is 0.182. The van der Waals surface area contributed by atoms with Crippen LogP contribution in [0.5, 0.6) is 0 Å². The maximum Gasteiger partial charge on any atom is 0.245 e. The number of sulfonamides is 1. The zero-order chi connectivity index (χ0) is 14.0. The number of halogens is 1. The highest BCUT2D eigenvalue weighted by Gasteiger charge is 2.23. The molecule has 0 aliphatic rings. The fourth-order valence-corrected chi connectivity index (χ4v) is 2.88. The van der Waals surface area contributed by atoms with Crippen molar-refractivity contribution in [3.8, 4) is 0 Å². The number of benzene rings is 1. The predicted molar refractivity (Wildman–Crippen MR) is 68.1 cm³/mol. The second-order valence-electron chi connectivity index (χ2n) is 4.05. The number of anilines is 1. The minimum absolute atomic E-state index is 0.111. The minimum Gasteiger partial charge on any atom is -0.398 e. The third-order valence-electron chi connectivity index (χ3n) is 2.62. The van der Waals surface area contributed by atoms with Gasteiger partial charge in [-0.25, -0.2) is 12.8 Å². The molecule has 0 saturated heterocycles. The van der Waals surface area contributed by atoms with Gasteiger partial charge in [-0.05, 0) is 18.2 Å². The van der Waals surface area contributed by atoms with Crippen molar-refractivity contribution in [3.05, 3.63) is 42.0 Å². The number of nitrogens with one attached hydrogen (secondary N) is 1. The van der Waals surface area contributed by atoms with Gasteiger partial charge in [0.1, 0.15) is 10.7 Å². The number of hydrogen-bond donors (Lipinski definition) is 2. The van der Waals surface area contributed by atoms with E-state index in [2.05, 4.69) is 10.2 Å². The number of nitrogens with zero attached hydrogens (tertiary/aromatic N) is 2. The van der Waals surface area contributed by atoms with E-state index in [4.69, 9.17) is 5.73 Å². The van der Waals surface area contributed by atoms with Gasteiger partial charge in [0, 0.05) is 25.4 Å². The van der Waals surface area contributed by atoms with Gasteiger partial charge in [-0.3, -0.25) is 5.10 Å². The molecule has 0 atom stereocenters. The Bertz CT molecular complexity index is 670. The lowest BCUT2D eigenvalue weighted by Gasteiger charge is -2.17. The first-order valence-electron chi connectivity index (χ1n) is 5.40. The molecule has 0 aliphatic carbocycles. The first-order chi connectivity index (χ1) is 8.91. The van der Waals surface area contributed by atoms with E-state index in [0.717, 1.165) is 22.5 Å². The summed E-state index contributed by atoms with van der Waals surface area (Å²) in [7, 11) is -2.34. The van der Waals surface area contributed by atoms with Crippen molar-refractivity contribution in [1.29, 1.82) is 0 Å². The van der Waals surface area contributed by atoms with Gasteiger partial charge in [0.15, 0.2) is 0 Å². The zero-order valence-corrected chi connectivity index (χ0v) is 11.0. The minimum atomic E-state index is -3.76. The van der Waals surface area contributed by atoms with E-state index in [9.17, 15) is 12.8 Å². The molecule has 19 heavy (non-hydrogen) atoms. The normalized spacial score (nSPS) is 11.9. The molecule has 0 unspecified atom stereocenters. The third-order valence-corrected chi connectivity index (χ3v) is 4.50. The van der Waals surface area contributed by atoms with Crippen LogP contribution in [0.1, 0.15) is 5.56 Å². The second-order valence-corrected chi connectivity index (χ2v) is 6.06. The standard InChI is InChI=1S/C11H13FN4O2S/c1-16(7-8-5-14-15-6-8)19(17,18)11-3-2-9(12)4-10(11)13/h2-6H,7,13H2,1H3,(H,14,15). The highest BCUT2D eigenvalue weighted by atomic mass is 32.2. The van der Waals surface area contributed by atoms with Crippen LogP contribution in [-0.4, -0.2) is 30.0 Å². The summed E-state index contributed by atoms with van der Waals surface area (Å²) in [5, 5.41) is 6.34. The highest BCUT2D eigenvalue weighted by molar-refractivity contribution is 7.89. The van der Waals surface area contributed by atoms with E-state index in [-0.39, 0.29) is 17.1 Å². The average molecular weight is 284 g/mol. The number of rotatable bonds is 4. The molecular weight excluding hydrogens is 271 g/mol. The first kappa shape index (κ1) is 13.5. The van der Waals surface area contributed by atoms with Gasteiger partial charge < -0.3 is 5.73 Å². The van der Waals surface area contributed by atoms with Crippen LogP contribution in [0.2, 0.25) is 0 Å². The number of hydrogen-bond acceptors (Lipinski definition) is 4. The molecule has 2 aromatic rings. The summed E-state index contributed by atoms with van der Waals surface area (Å²) >= 11 is 0. The predicted octanol–water partition coefficient (Wildman–Crippen LogP) is 0.952. The van der Waals surface area contributed by atoms with Crippen molar-refractivity contribution in [2.24, 2.45) is 0 Å².